The molecule has 1 atom stereocenters. The minimum Gasteiger partial charge on any atom is -0.341 e. The van der Waals surface area contributed by atoms with E-state index in [9.17, 15) is 4.79 Å². The van der Waals surface area contributed by atoms with Crippen molar-refractivity contribution in [1.82, 2.24) is 15.1 Å². The van der Waals surface area contributed by atoms with Gasteiger partial charge in [-0.2, -0.15) is 0 Å². The van der Waals surface area contributed by atoms with Crippen LogP contribution in [-0.4, -0.2) is 61.5 Å². The van der Waals surface area contributed by atoms with Crippen LogP contribution >= 0.6 is 0 Å². The molecule has 0 aromatic rings. The summed E-state index contributed by atoms with van der Waals surface area (Å²) in [6, 6.07) is 0.0903. The fourth-order valence-corrected chi connectivity index (χ4v) is 3.09. The lowest BCUT2D eigenvalue weighted by Gasteiger charge is -2.30. The Bertz CT molecular complexity index is 274. The van der Waals surface area contributed by atoms with Gasteiger partial charge in [-0.05, 0) is 58.3 Å². The molecule has 0 bridgehead atoms. The number of amides is 1. The largest absolute Gasteiger partial charge is 0.341 e. The van der Waals surface area contributed by atoms with Gasteiger partial charge in [0.2, 0.25) is 5.91 Å². The Morgan fingerprint density at radius 3 is 2.61 bits per heavy atom. The summed E-state index contributed by atoms with van der Waals surface area (Å²) in [5.74, 6) is 1.15. The van der Waals surface area contributed by atoms with Crippen molar-refractivity contribution in [1.29, 1.82) is 0 Å². The molecule has 2 rings (SSSR count). The van der Waals surface area contributed by atoms with Crippen LogP contribution in [0.25, 0.3) is 0 Å². The third-order valence-electron chi connectivity index (χ3n) is 4.39. The van der Waals surface area contributed by atoms with Gasteiger partial charge in [-0.25, -0.2) is 0 Å². The number of rotatable bonds is 5. The molecule has 104 valence electrons. The van der Waals surface area contributed by atoms with Crippen molar-refractivity contribution in [3.63, 3.8) is 0 Å². The Hall–Kier alpha value is -0.610. The molecule has 4 nitrogen and oxygen atoms in total. The van der Waals surface area contributed by atoms with Crippen molar-refractivity contribution in [2.45, 2.75) is 38.6 Å². The normalized spacial score (nSPS) is 27.1. The number of hydrogen-bond acceptors (Lipinski definition) is 3. The van der Waals surface area contributed by atoms with Gasteiger partial charge in [0, 0.05) is 13.1 Å². The smallest absolute Gasteiger partial charge is 0.239 e. The number of hydrogen-bond donors (Lipinski definition) is 1. The second-order valence-electron chi connectivity index (χ2n) is 5.76. The Morgan fingerprint density at radius 2 is 1.94 bits per heavy atom. The maximum atomic E-state index is 12.1. The highest BCUT2D eigenvalue weighted by Gasteiger charge is 2.30. The van der Waals surface area contributed by atoms with E-state index >= 15 is 0 Å². The van der Waals surface area contributed by atoms with Crippen LogP contribution in [0.4, 0.5) is 0 Å². The molecule has 1 amide bonds. The summed E-state index contributed by atoms with van der Waals surface area (Å²) >= 11 is 0. The SMILES string of the molecule is CCNC1CCN(CCC2CCN(C)CC2)C1=O. The van der Waals surface area contributed by atoms with Crippen LogP contribution in [0.1, 0.15) is 32.6 Å². The third-order valence-corrected chi connectivity index (χ3v) is 4.39. The summed E-state index contributed by atoms with van der Waals surface area (Å²) in [6.07, 6.45) is 4.78. The van der Waals surface area contributed by atoms with Gasteiger partial charge >= 0.3 is 0 Å². The van der Waals surface area contributed by atoms with E-state index in [0.29, 0.717) is 5.91 Å². The van der Waals surface area contributed by atoms with E-state index < -0.39 is 0 Å². The van der Waals surface area contributed by atoms with Crippen molar-refractivity contribution in [3.8, 4) is 0 Å². The van der Waals surface area contributed by atoms with Crippen LogP contribution < -0.4 is 5.32 Å². The average molecular weight is 253 g/mol. The van der Waals surface area contributed by atoms with E-state index in [0.717, 1.165) is 32.0 Å². The topological polar surface area (TPSA) is 35.6 Å². The first-order valence-corrected chi connectivity index (χ1v) is 7.41. The number of carbonyl (C=O) groups excluding carboxylic acids is 1. The summed E-state index contributed by atoms with van der Waals surface area (Å²) in [5, 5.41) is 3.27. The predicted molar refractivity (Wildman–Crippen MR) is 73.5 cm³/mol. The molecule has 4 heteroatoms. The van der Waals surface area contributed by atoms with Gasteiger partial charge in [-0.1, -0.05) is 6.92 Å². The molecule has 2 saturated heterocycles. The molecular weight excluding hydrogens is 226 g/mol. The van der Waals surface area contributed by atoms with Gasteiger partial charge in [0.25, 0.3) is 0 Å². The zero-order valence-electron chi connectivity index (χ0n) is 11.8. The Balaban J connectivity index is 1.69. The summed E-state index contributed by atoms with van der Waals surface area (Å²) in [5.41, 5.74) is 0. The van der Waals surface area contributed by atoms with Gasteiger partial charge in [0.1, 0.15) is 0 Å². The van der Waals surface area contributed by atoms with Crippen molar-refractivity contribution in [3.05, 3.63) is 0 Å². The molecule has 18 heavy (non-hydrogen) atoms. The molecular formula is C14H27N3O. The average Bonchev–Trinajstić information content (AvgIpc) is 2.71. The van der Waals surface area contributed by atoms with E-state index in [1.54, 1.807) is 0 Å². The summed E-state index contributed by atoms with van der Waals surface area (Å²) in [4.78, 5) is 16.5. The predicted octanol–water partition coefficient (Wildman–Crippen LogP) is 0.929. The lowest BCUT2D eigenvalue weighted by Crippen LogP contribution is -2.39. The molecule has 2 fully saturated rings. The van der Waals surface area contributed by atoms with Crippen LogP contribution in [0.2, 0.25) is 0 Å². The van der Waals surface area contributed by atoms with Crippen LogP contribution in [0.3, 0.4) is 0 Å². The van der Waals surface area contributed by atoms with E-state index in [4.69, 9.17) is 0 Å². The molecule has 1 N–H and O–H groups in total. The highest BCUT2D eigenvalue weighted by Crippen LogP contribution is 2.21. The molecule has 0 spiro atoms. The highest BCUT2D eigenvalue weighted by molar-refractivity contribution is 5.83. The van der Waals surface area contributed by atoms with Gasteiger partial charge < -0.3 is 15.1 Å². The minimum atomic E-state index is 0.0903. The Morgan fingerprint density at radius 1 is 1.22 bits per heavy atom. The monoisotopic (exact) mass is 253 g/mol. The third kappa shape index (κ3) is 3.45. The zero-order chi connectivity index (χ0) is 13.0. The number of piperidine rings is 1. The first-order chi connectivity index (χ1) is 8.70. The van der Waals surface area contributed by atoms with Crippen molar-refractivity contribution in [2.24, 2.45) is 5.92 Å². The van der Waals surface area contributed by atoms with Gasteiger partial charge in [0.15, 0.2) is 0 Å². The minimum absolute atomic E-state index is 0.0903. The van der Waals surface area contributed by atoms with Crippen molar-refractivity contribution < 1.29 is 4.79 Å². The molecule has 2 aliphatic heterocycles. The molecule has 0 radical (unpaired) electrons. The van der Waals surface area contributed by atoms with Crippen molar-refractivity contribution in [2.75, 3.05) is 39.8 Å². The highest BCUT2D eigenvalue weighted by atomic mass is 16.2. The molecule has 0 aromatic carbocycles. The van der Waals surface area contributed by atoms with E-state index in [1.807, 2.05) is 0 Å². The molecule has 0 aromatic heterocycles. The molecule has 0 saturated carbocycles. The zero-order valence-corrected chi connectivity index (χ0v) is 11.8. The molecule has 0 aliphatic carbocycles. The molecule has 2 heterocycles. The fourth-order valence-electron chi connectivity index (χ4n) is 3.09. The van der Waals surface area contributed by atoms with Gasteiger partial charge in [0.05, 0.1) is 6.04 Å². The second kappa shape index (κ2) is 6.53. The lowest BCUT2D eigenvalue weighted by atomic mass is 9.94. The maximum Gasteiger partial charge on any atom is 0.239 e. The first kappa shape index (κ1) is 13.8. The number of likely N-dealkylation sites (N-methyl/N-ethyl adjacent to an activating group) is 1. The number of nitrogens with zero attached hydrogens (tertiary/aromatic N) is 2. The second-order valence-corrected chi connectivity index (χ2v) is 5.76. The van der Waals surface area contributed by atoms with Crippen LogP contribution in [0.15, 0.2) is 0 Å². The van der Waals surface area contributed by atoms with Gasteiger partial charge in [-0.3, -0.25) is 4.79 Å². The molecule has 2 aliphatic rings. The van der Waals surface area contributed by atoms with Crippen LogP contribution in [0.5, 0.6) is 0 Å². The summed E-state index contributed by atoms with van der Waals surface area (Å²) in [7, 11) is 2.20. The van der Waals surface area contributed by atoms with E-state index in [-0.39, 0.29) is 6.04 Å². The Labute approximate surface area is 111 Å². The first-order valence-electron chi connectivity index (χ1n) is 7.41. The van der Waals surface area contributed by atoms with Crippen molar-refractivity contribution >= 4 is 5.91 Å². The van der Waals surface area contributed by atoms with Crippen LogP contribution in [-0.2, 0) is 4.79 Å². The number of carbonyl (C=O) groups is 1. The number of likely N-dealkylation sites (tertiary alicyclic amines) is 2. The summed E-state index contributed by atoms with van der Waals surface area (Å²) in [6.45, 7) is 7.31. The number of nitrogens with one attached hydrogen (secondary N) is 1. The maximum absolute atomic E-state index is 12.1. The quantitative estimate of drug-likeness (QED) is 0.792. The Kier molecular flexibility index (Phi) is 5.01. The van der Waals surface area contributed by atoms with Crippen LogP contribution in [0, 0.1) is 5.92 Å². The lowest BCUT2D eigenvalue weighted by molar-refractivity contribution is -0.129. The van der Waals surface area contributed by atoms with E-state index in [1.165, 1.54) is 32.4 Å². The van der Waals surface area contributed by atoms with E-state index in [2.05, 4.69) is 29.1 Å². The summed E-state index contributed by atoms with van der Waals surface area (Å²) < 4.78 is 0. The molecule has 1 unspecified atom stereocenters. The van der Waals surface area contributed by atoms with Gasteiger partial charge in [-0.15, -0.1) is 0 Å². The fraction of sp³-hybridized carbons (Fsp3) is 0.929. The standard InChI is InChI=1S/C14H27N3O/c1-3-15-13-7-11-17(14(13)18)10-6-12-4-8-16(2)9-5-12/h12-13,15H,3-11H2,1-2H3.